The molecule has 3 unspecified atom stereocenters. The van der Waals surface area contributed by atoms with E-state index in [2.05, 4.69) is 51.6 Å². The summed E-state index contributed by atoms with van der Waals surface area (Å²) in [5.41, 5.74) is 1.37. The summed E-state index contributed by atoms with van der Waals surface area (Å²) in [5, 5.41) is 12.3. The van der Waals surface area contributed by atoms with Gasteiger partial charge in [-0.05, 0) is 45.8 Å². The van der Waals surface area contributed by atoms with E-state index in [1.165, 1.54) is 10.4 Å². The zero-order valence-corrected chi connectivity index (χ0v) is 12.3. The average Bonchev–Trinajstić information content (AvgIpc) is 3.09. The Morgan fingerprint density at radius 3 is 2.78 bits per heavy atom. The Kier molecular flexibility index (Phi) is 3.55. The van der Waals surface area contributed by atoms with Gasteiger partial charge in [0.15, 0.2) is 0 Å². The Labute approximate surface area is 120 Å². The molecule has 18 heavy (non-hydrogen) atoms. The first kappa shape index (κ1) is 12.4. The van der Waals surface area contributed by atoms with Crippen LogP contribution >= 0.6 is 27.3 Å². The first-order valence-corrected chi connectivity index (χ1v) is 7.87. The van der Waals surface area contributed by atoms with Crippen LogP contribution in [0.25, 0.3) is 0 Å². The van der Waals surface area contributed by atoms with Gasteiger partial charge in [-0.1, -0.05) is 30.3 Å². The van der Waals surface area contributed by atoms with Gasteiger partial charge in [-0.15, -0.1) is 11.3 Å². The summed E-state index contributed by atoms with van der Waals surface area (Å²) in [4.78, 5) is 1.26. The summed E-state index contributed by atoms with van der Waals surface area (Å²) in [6.07, 6.45) is 1.70. The lowest BCUT2D eigenvalue weighted by Crippen LogP contribution is -2.13. The maximum absolute atomic E-state index is 10.3. The SMILES string of the molecule is OC(Cc1cc(Br)cs1)C1CC1c1ccccc1. The molecule has 3 atom stereocenters. The molecule has 1 fully saturated rings. The van der Waals surface area contributed by atoms with Crippen LogP contribution in [-0.4, -0.2) is 11.2 Å². The third-order valence-corrected chi connectivity index (χ3v) is 5.31. The van der Waals surface area contributed by atoms with Crippen molar-refractivity contribution in [2.75, 3.05) is 0 Å². The second-order valence-electron chi connectivity index (χ2n) is 4.92. The summed E-state index contributed by atoms with van der Waals surface area (Å²) < 4.78 is 1.12. The van der Waals surface area contributed by atoms with Gasteiger partial charge in [-0.25, -0.2) is 0 Å². The maximum atomic E-state index is 10.3. The van der Waals surface area contributed by atoms with Crippen LogP contribution in [0.1, 0.15) is 22.8 Å². The Balaban J connectivity index is 1.61. The number of thiophene rings is 1. The highest BCUT2D eigenvalue weighted by molar-refractivity contribution is 9.10. The Hall–Kier alpha value is -0.640. The molecule has 1 nitrogen and oxygen atoms in total. The van der Waals surface area contributed by atoms with Crippen LogP contribution < -0.4 is 0 Å². The Bertz CT molecular complexity index is 522. The standard InChI is InChI=1S/C15H15BrOS/c16-11-6-12(18-9-11)7-15(17)14-8-13(14)10-4-2-1-3-5-10/h1-6,9,13-15,17H,7-8H2. The number of aliphatic hydroxyl groups excluding tert-OH is 1. The molecule has 1 heterocycles. The fourth-order valence-electron chi connectivity index (χ4n) is 2.54. The summed E-state index contributed by atoms with van der Waals surface area (Å²) >= 11 is 5.17. The van der Waals surface area contributed by atoms with Gasteiger partial charge < -0.3 is 5.11 Å². The second-order valence-corrected chi connectivity index (χ2v) is 6.83. The number of benzene rings is 1. The third kappa shape index (κ3) is 2.68. The van der Waals surface area contributed by atoms with Crippen molar-refractivity contribution in [1.29, 1.82) is 0 Å². The van der Waals surface area contributed by atoms with Crippen LogP contribution in [0.3, 0.4) is 0 Å². The van der Waals surface area contributed by atoms with Crippen LogP contribution in [0, 0.1) is 5.92 Å². The molecular weight excluding hydrogens is 308 g/mol. The van der Waals surface area contributed by atoms with E-state index in [-0.39, 0.29) is 6.10 Å². The first-order valence-electron chi connectivity index (χ1n) is 6.20. The zero-order chi connectivity index (χ0) is 12.5. The van der Waals surface area contributed by atoms with E-state index >= 15 is 0 Å². The number of aliphatic hydroxyl groups is 1. The van der Waals surface area contributed by atoms with E-state index in [9.17, 15) is 5.11 Å². The highest BCUT2D eigenvalue weighted by Crippen LogP contribution is 2.50. The van der Waals surface area contributed by atoms with Crippen LogP contribution in [0.15, 0.2) is 46.3 Å². The van der Waals surface area contributed by atoms with E-state index in [1.54, 1.807) is 11.3 Å². The average molecular weight is 323 g/mol. The van der Waals surface area contributed by atoms with Gasteiger partial charge in [-0.2, -0.15) is 0 Å². The lowest BCUT2D eigenvalue weighted by atomic mass is 10.0. The van der Waals surface area contributed by atoms with Crippen molar-refractivity contribution in [3.8, 4) is 0 Å². The van der Waals surface area contributed by atoms with E-state index < -0.39 is 0 Å². The van der Waals surface area contributed by atoms with Crippen molar-refractivity contribution in [2.45, 2.75) is 24.9 Å². The van der Waals surface area contributed by atoms with Gasteiger partial charge in [-0.3, -0.25) is 0 Å². The molecule has 0 aliphatic heterocycles. The molecule has 0 saturated heterocycles. The minimum Gasteiger partial charge on any atom is -0.392 e. The normalized spacial score (nSPS) is 23.9. The molecule has 1 N–H and O–H groups in total. The molecule has 1 aliphatic rings. The topological polar surface area (TPSA) is 20.2 Å². The van der Waals surface area contributed by atoms with Crippen molar-refractivity contribution in [2.24, 2.45) is 5.92 Å². The molecule has 1 saturated carbocycles. The van der Waals surface area contributed by atoms with Gasteiger partial charge in [0.1, 0.15) is 0 Å². The summed E-state index contributed by atoms with van der Waals surface area (Å²) in [6.45, 7) is 0. The van der Waals surface area contributed by atoms with Gasteiger partial charge in [0.2, 0.25) is 0 Å². The largest absolute Gasteiger partial charge is 0.392 e. The smallest absolute Gasteiger partial charge is 0.0622 e. The van der Waals surface area contributed by atoms with Gasteiger partial charge in [0, 0.05) is 21.2 Å². The van der Waals surface area contributed by atoms with Gasteiger partial charge in [0.05, 0.1) is 6.10 Å². The summed E-state index contributed by atoms with van der Waals surface area (Å²) in [7, 11) is 0. The van der Waals surface area contributed by atoms with Crippen molar-refractivity contribution in [3.63, 3.8) is 0 Å². The van der Waals surface area contributed by atoms with Crippen molar-refractivity contribution in [1.82, 2.24) is 0 Å². The van der Waals surface area contributed by atoms with Gasteiger partial charge >= 0.3 is 0 Å². The molecule has 1 aliphatic carbocycles. The molecule has 0 bridgehead atoms. The third-order valence-electron chi connectivity index (χ3n) is 3.59. The molecule has 2 aromatic rings. The zero-order valence-electron chi connectivity index (χ0n) is 9.92. The highest BCUT2D eigenvalue weighted by atomic mass is 79.9. The number of halogens is 1. The first-order chi connectivity index (χ1) is 8.74. The summed E-state index contributed by atoms with van der Waals surface area (Å²) in [5.74, 6) is 0.998. The lowest BCUT2D eigenvalue weighted by molar-refractivity contribution is 0.150. The molecule has 1 aromatic carbocycles. The van der Waals surface area contributed by atoms with Crippen LogP contribution in [-0.2, 0) is 6.42 Å². The second kappa shape index (κ2) is 5.16. The number of rotatable bonds is 4. The molecule has 1 aromatic heterocycles. The van der Waals surface area contributed by atoms with Crippen LogP contribution in [0.4, 0.5) is 0 Å². The molecule has 3 heteroatoms. The molecule has 94 valence electrons. The fraction of sp³-hybridized carbons (Fsp3) is 0.333. The summed E-state index contributed by atoms with van der Waals surface area (Å²) in [6, 6.07) is 12.6. The molecule has 0 spiro atoms. The fourth-order valence-corrected chi connectivity index (χ4v) is 4.04. The Morgan fingerprint density at radius 2 is 2.11 bits per heavy atom. The molecule has 3 rings (SSSR count). The molecular formula is C15H15BrOS. The quantitative estimate of drug-likeness (QED) is 0.893. The number of hydrogen-bond donors (Lipinski definition) is 1. The van der Waals surface area contributed by atoms with E-state index in [0.717, 1.165) is 17.3 Å². The van der Waals surface area contributed by atoms with Crippen molar-refractivity contribution < 1.29 is 5.11 Å². The number of hydrogen-bond acceptors (Lipinski definition) is 2. The van der Waals surface area contributed by atoms with E-state index in [1.807, 2.05) is 6.07 Å². The Morgan fingerprint density at radius 1 is 1.33 bits per heavy atom. The maximum Gasteiger partial charge on any atom is 0.0622 e. The van der Waals surface area contributed by atoms with E-state index in [0.29, 0.717) is 11.8 Å². The van der Waals surface area contributed by atoms with Crippen molar-refractivity contribution in [3.05, 3.63) is 56.7 Å². The molecule has 0 radical (unpaired) electrons. The monoisotopic (exact) mass is 322 g/mol. The molecule has 0 amide bonds. The van der Waals surface area contributed by atoms with Crippen LogP contribution in [0.5, 0.6) is 0 Å². The van der Waals surface area contributed by atoms with Crippen LogP contribution in [0.2, 0.25) is 0 Å². The minimum atomic E-state index is -0.208. The lowest BCUT2D eigenvalue weighted by Gasteiger charge is -2.08. The van der Waals surface area contributed by atoms with Crippen molar-refractivity contribution >= 4 is 27.3 Å². The minimum absolute atomic E-state index is 0.208. The predicted molar refractivity (Wildman–Crippen MR) is 79.0 cm³/mol. The highest BCUT2D eigenvalue weighted by Gasteiger charge is 2.43. The van der Waals surface area contributed by atoms with E-state index in [4.69, 9.17) is 0 Å². The van der Waals surface area contributed by atoms with Gasteiger partial charge in [0.25, 0.3) is 0 Å². The predicted octanol–water partition coefficient (Wildman–Crippen LogP) is 4.22.